The molecule has 1 aromatic carbocycles. The van der Waals surface area contributed by atoms with Gasteiger partial charge >= 0.3 is 5.97 Å². The van der Waals surface area contributed by atoms with Gasteiger partial charge in [-0.15, -0.1) is 27.8 Å². The van der Waals surface area contributed by atoms with Crippen LogP contribution in [0.4, 0.5) is 5.00 Å². The summed E-state index contributed by atoms with van der Waals surface area (Å²) in [7, 11) is 0. The van der Waals surface area contributed by atoms with Crippen molar-refractivity contribution in [3.63, 3.8) is 0 Å². The van der Waals surface area contributed by atoms with Gasteiger partial charge in [0.2, 0.25) is 11.1 Å². The lowest BCUT2D eigenvalue weighted by Crippen LogP contribution is -2.16. The molecule has 3 aromatic heterocycles. The highest BCUT2D eigenvalue weighted by atomic mass is 35.5. The summed E-state index contributed by atoms with van der Waals surface area (Å²) in [5.74, 6) is -0.694. The summed E-state index contributed by atoms with van der Waals surface area (Å²) in [4.78, 5) is 26.2. The number of ether oxygens (including phenoxy) is 1. The molecule has 0 saturated heterocycles. The zero-order valence-electron chi connectivity index (χ0n) is 16.6. The number of thiophene rings is 2. The lowest BCUT2D eigenvalue weighted by atomic mass is 10.1. The zero-order chi connectivity index (χ0) is 22.5. The molecule has 8 nitrogen and oxygen atoms in total. The van der Waals surface area contributed by atoms with Gasteiger partial charge in [-0.25, -0.2) is 4.79 Å². The molecular weight excluding hydrogens is 490 g/mol. The van der Waals surface area contributed by atoms with E-state index >= 15 is 0 Å². The second-order valence-corrected chi connectivity index (χ2v) is 9.44. The Hall–Kier alpha value is -2.73. The van der Waals surface area contributed by atoms with E-state index in [1.165, 1.54) is 39.1 Å². The maximum atomic E-state index is 12.7. The second kappa shape index (κ2) is 10.3. The normalized spacial score (nSPS) is 10.8. The summed E-state index contributed by atoms with van der Waals surface area (Å²) < 4.78 is 6.74. The molecule has 4 aromatic rings. The molecule has 164 valence electrons. The number of amides is 1. The van der Waals surface area contributed by atoms with Gasteiger partial charge in [-0.3, -0.25) is 4.79 Å². The predicted molar refractivity (Wildman–Crippen MR) is 127 cm³/mol. The molecule has 0 unspecified atom stereocenters. The van der Waals surface area contributed by atoms with Crippen molar-refractivity contribution >= 4 is 62.9 Å². The smallest absolute Gasteiger partial charge is 0.341 e. The van der Waals surface area contributed by atoms with Crippen LogP contribution in [0.15, 0.2) is 52.3 Å². The summed E-state index contributed by atoms with van der Waals surface area (Å²) in [6.07, 6.45) is 0. The van der Waals surface area contributed by atoms with Gasteiger partial charge in [0, 0.05) is 20.8 Å². The fourth-order valence-corrected chi connectivity index (χ4v) is 5.38. The van der Waals surface area contributed by atoms with Crippen LogP contribution in [-0.4, -0.2) is 44.4 Å². The van der Waals surface area contributed by atoms with Crippen LogP contribution in [0, 0.1) is 0 Å². The van der Waals surface area contributed by atoms with E-state index in [0.29, 0.717) is 20.7 Å². The van der Waals surface area contributed by atoms with Gasteiger partial charge in [0.1, 0.15) is 10.6 Å². The Bertz CT molecular complexity index is 1220. The number of anilines is 1. The van der Waals surface area contributed by atoms with E-state index < -0.39 is 5.97 Å². The van der Waals surface area contributed by atoms with E-state index in [1.807, 2.05) is 22.9 Å². The number of carbonyl (C=O) groups excluding carboxylic acids is 2. The third-order valence-electron chi connectivity index (χ3n) is 4.15. The number of benzene rings is 1. The molecule has 0 saturated carbocycles. The number of rotatable bonds is 8. The molecule has 32 heavy (non-hydrogen) atoms. The molecule has 0 bridgehead atoms. The van der Waals surface area contributed by atoms with E-state index in [4.69, 9.17) is 16.3 Å². The molecule has 1 amide bonds. The Balaban J connectivity index is 1.48. The van der Waals surface area contributed by atoms with Crippen molar-refractivity contribution in [2.45, 2.75) is 12.1 Å². The Morgan fingerprint density at radius 1 is 1.22 bits per heavy atom. The summed E-state index contributed by atoms with van der Waals surface area (Å²) in [6, 6.07) is 10.9. The number of aromatic nitrogens is 4. The van der Waals surface area contributed by atoms with Crippen molar-refractivity contribution in [1.29, 1.82) is 0 Å². The van der Waals surface area contributed by atoms with Gasteiger partial charge in [0.25, 0.3) is 0 Å². The standard InChI is InChI=1S/C20H16ClN5O3S3/c1-2-29-19(28)17-14(15-4-3-9-30-15)10-31-18(17)22-16(27)11-32-20-23-24-25-26(20)13-7-5-12(21)6-8-13/h3-10H,2,11H2,1H3,(H,22,27). The van der Waals surface area contributed by atoms with Gasteiger partial charge in [0.05, 0.1) is 18.0 Å². The first-order valence-electron chi connectivity index (χ1n) is 9.36. The van der Waals surface area contributed by atoms with Gasteiger partial charge in [-0.1, -0.05) is 29.4 Å². The molecule has 0 atom stereocenters. The third kappa shape index (κ3) is 5.01. The average molecular weight is 506 g/mol. The van der Waals surface area contributed by atoms with Crippen LogP contribution < -0.4 is 5.32 Å². The number of carbonyl (C=O) groups is 2. The van der Waals surface area contributed by atoms with Crippen LogP contribution in [0.1, 0.15) is 17.3 Å². The quantitative estimate of drug-likeness (QED) is 0.265. The average Bonchev–Trinajstić information content (AvgIpc) is 3.53. The van der Waals surface area contributed by atoms with E-state index in [0.717, 1.165) is 16.1 Å². The molecule has 0 fully saturated rings. The zero-order valence-corrected chi connectivity index (χ0v) is 19.9. The fraction of sp³-hybridized carbons (Fsp3) is 0.150. The second-order valence-electron chi connectivity index (χ2n) is 6.24. The first-order valence-corrected chi connectivity index (χ1v) is 12.5. The van der Waals surface area contributed by atoms with Crippen molar-refractivity contribution < 1.29 is 14.3 Å². The monoisotopic (exact) mass is 505 g/mol. The molecule has 0 aliphatic rings. The van der Waals surface area contributed by atoms with Crippen molar-refractivity contribution in [2.24, 2.45) is 0 Å². The number of thioether (sulfide) groups is 1. The van der Waals surface area contributed by atoms with Crippen LogP contribution in [0.25, 0.3) is 16.1 Å². The Labute approximate surface area is 200 Å². The molecular formula is C20H16ClN5O3S3. The van der Waals surface area contributed by atoms with Crippen molar-refractivity contribution in [2.75, 3.05) is 17.7 Å². The van der Waals surface area contributed by atoms with Gasteiger partial charge in [-0.05, 0) is 53.1 Å². The van der Waals surface area contributed by atoms with E-state index in [-0.39, 0.29) is 18.3 Å². The highest BCUT2D eigenvalue weighted by Gasteiger charge is 2.23. The van der Waals surface area contributed by atoms with Crippen molar-refractivity contribution in [1.82, 2.24) is 20.2 Å². The third-order valence-corrected chi connectivity index (χ3v) is 7.12. The fourth-order valence-electron chi connectivity index (χ4n) is 2.78. The largest absolute Gasteiger partial charge is 0.462 e. The number of tetrazole rings is 1. The minimum atomic E-state index is -0.466. The highest BCUT2D eigenvalue weighted by Crippen LogP contribution is 2.38. The predicted octanol–water partition coefficient (Wildman–Crippen LogP) is 5.01. The molecule has 1 N–H and O–H groups in total. The topological polar surface area (TPSA) is 99.0 Å². The molecule has 0 radical (unpaired) electrons. The Morgan fingerprint density at radius 3 is 2.75 bits per heavy atom. The van der Waals surface area contributed by atoms with Gasteiger partial charge in [-0.2, -0.15) is 4.68 Å². The molecule has 0 spiro atoms. The minimum absolute atomic E-state index is 0.0580. The first-order chi connectivity index (χ1) is 15.6. The SMILES string of the molecule is CCOC(=O)c1c(-c2cccs2)csc1NC(=O)CSc1nnnn1-c1ccc(Cl)cc1. The molecule has 12 heteroatoms. The number of hydrogen-bond donors (Lipinski definition) is 1. The van der Waals surface area contributed by atoms with Crippen LogP contribution in [0.3, 0.4) is 0 Å². The Kier molecular flexibility index (Phi) is 7.20. The maximum Gasteiger partial charge on any atom is 0.341 e. The number of esters is 1. The van der Waals surface area contributed by atoms with Crippen molar-refractivity contribution in [3.8, 4) is 16.1 Å². The lowest BCUT2D eigenvalue weighted by molar-refractivity contribution is -0.113. The van der Waals surface area contributed by atoms with Crippen LogP contribution in [0.5, 0.6) is 0 Å². The highest BCUT2D eigenvalue weighted by molar-refractivity contribution is 7.99. The summed E-state index contributed by atoms with van der Waals surface area (Å²) in [5.41, 5.74) is 1.84. The summed E-state index contributed by atoms with van der Waals surface area (Å²) in [5, 5.41) is 19.8. The van der Waals surface area contributed by atoms with Gasteiger partial charge in [0.15, 0.2) is 0 Å². The summed E-state index contributed by atoms with van der Waals surface area (Å²) >= 11 is 9.92. The first kappa shape index (κ1) is 22.5. The van der Waals surface area contributed by atoms with Crippen LogP contribution in [0.2, 0.25) is 5.02 Å². The molecule has 0 aliphatic heterocycles. The number of nitrogens with zero attached hydrogens (tertiary/aromatic N) is 4. The lowest BCUT2D eigenvalue weighted by Gasteiger charge is -2.08. The van der Waals surface area contributed by atoms with E-state index in [2.05, 4.69) is 20.8 Å². The summed E-state index contributed by atoms with van der Waals surface area (Å²) in [6.45, 7) is 1.99. The molecule has 0 aliphatic carbocycles. The van der Waals surface area contributed by atoms with Gasteiger partial charge < -0.3 is 10.1 Å². The number of halogens is 1. The molecule has 4 rings (SSSR count). The number of nitrogens with one attached hydrogen (secondary N) is 1. The van der Waals surface area contributed by atoms with E-state index in [9.17, 15) is 9.59 Å². The van der Waals surface area contributed by atoms with Crippen LogP contribution >= 0.6 is 46.0 Å². The molecule has 3 heterocycles. The van der Waals surface area contributed by atoms with E-state index in [1.54, 1.807) is 31.2 Å². The maximum absolute atomic E-state index is 12.7. The number of hydrogen-bond acceptors (Lipinski definition) is 9. The Morgan fingerprint density at radius 2 is 2.03 bits per heavy atom. The minimum Gasteiger partial charge on any atom is -0.462 e. The van der Waals surface area contributed by atoms with Crippen LogP contribution in [-0.2, 0) is 9.53 Å². The van der Waals surface area contributed by atoms with Crippen molar-refractivity contribution in [3.05, 3.63) is 57.7 Å².